The standard InChI is InChI=1S/C15H14N4O/c20-15(11-5-7-16-8-6-11)19-17-10-13-9-12-3-1-2-4-14(12)18-13/h1-8,10,17-18H,9H2,(H,19,20). The van der Waals surface area contributed by atoms with E-state index in [0.717, 1.165) is 17.8 Å². The molecule has 3 N–H and O–H groups in total. The van der Waals surface area contributed by atoms with Crippen molar-refractivity contribution in [2.75, 3.05) is 5.32 Å². The van der Waals surface area contributed by atoms with Crippen molar-refractivity contribution in [1.29, 1.82) is 0 Å². The zero-order chi connectivity index (χ0) is 13.8. The number of aromatic nitrogens is 1. The maximum absolute atomic E-state index is 11.8. The fourth-order valence-corrected chi connectivity index (χ4v) is 2.07. The van der Waals surface area contributed by atoms with Crippen LogP contribution in [0.4, 0.5) is 5.69 Å². The number of fused-ring (bicyclic) bond motifs is 1. The van der Waals surface area contributed by atoms with E-state index in [1.165, 1.54) is 5.56 Å². The van der Waals surface area contributed by atoms with Crippen LogP contribution in [0.3, 0.4) is 0 Å². The van der Waals surface area contributed by atoms with Gasteiger partial charge >= 0.3 is 0 Å². The second-order valence-electron chi connectivity index (χ2n) is 4.46. The van der Waals surface area contributed by atoms with E-state index in [4.69, 9.17) is 0 Å². The summed E-state index contributed by atoms with van der Waals surface area (Å²) in [7, 11) is 0. The van der Waals surface area contributed by atoms with Crippen LogP contribution in [-0.4, -0.2) is 10.9 Å². The van der Waals surface area contributed by atoms with Crippen LogP contribution in [0, 0.1) is 0 Å². The molecule has 1 amide bonds. The zero-order valence-corrected chi connectivity index (χ0v) is 10.8. The number of allylic oxidation sites excluding steroid dienone is 1. The second-order valence-corrected chi connectivity index (χ2v) is 4.46. The molecule has 1 aromatic carbocycles. The summed E-state index contributed by atoms with van der Waals surface area (Å²) < 4.78 is 0. The van der Waals surface area contributed by atoms with Gasteiger partial charge in [-0.15, -0.1) is 0 Å². The van der Waals surface area contributed by atoms with Gasteiger partial charge in [-0.05, 0) is 23.8 Å². The van der Waals surface area contributed by atoms with Crippen LogP contribution in [-0.2, 0) is 6.42 Å². The number of nitrogens with zero attached hydrogens (tertiary/aromatic N) is 1. The molecule has 100 valence electrons. The number of hydrogen-bond donors (Lipinski definition) is 3. The highest BCUT2D eigenvalue weighted by Gasteiger charge is 2.13. The molecule has 5 heteroatoms. The van der Waals surface area contributed by atoms with Crippen LogP contribution < -0.4 is 16.2 Å². The van der Waals surface area contributed by atoms with Gasteiger partial charge in [0.05, 0.1) is 0 Å². The van der Waals surface area contributed by atoms with Gasteiger partial charge in [-0.3, -0.25) is 15.2 Å². The topological polar surface area (TPSA) is 66.1 Å². The Kier molecular flexibility index (Phi) is 3.33. The number of nitrogens with one attached hydrogen (secondary N) is 3. The summed E-state index contributed by atoms with van der Waals surface area (Å²) in [6.07, 6.45) is 5.76. The van der Waals surface area contributed by atoms with E-state index < -0.39 is 0 Å². The average Bonchev–Trinajstić information content (AvgIpc) is 2.90. The molecule has 0 saturated carbocycles. The van der Waals surface area contributed by atoms with Gasteiger partial charge in [-0.1, -0.05) is 18.2 Å². The van der Waals surface area contributed by atoms with E-state index in [1.807, 2.05) is 18.2 Å². The highest BCUT2D eigenvalue weighted by atomic mass is 16.2. The van der Waals surface area contributed by atoms with Crippen LogP contribution in [0.2, 0.25) is 0 Å². The second kappa shape index (κ2) is 5.44. The largest absolute Gasteiger partial charge is 0.357 e. The van der Waals surface area contributed by atoms with Gasteiger partial charge in [-0.25, -0.2) is 0 Å². The number of pyridine rings is 1. The fourth-order valence-electron chi connectivity index (χ4n) is 2.07. The van der Waals surface area contributed by atoms with Crippen molar-refractivity contribution in [2.24, 2.45) is 0 Å². The van der Waals surface area contributed by atoms with E-state index in [1.54, 1.807) is 30.7 Å². The number of amides is 1. The van der Waals surface area contributed by atoms with E-state index >= 15 is 0 Å². The Balaban J connectivity index is 1.56. The van der Waals surface area contributed by atoms with Crippen molar-refractivity contribution in [2.45, 2.75) is 6.42 Å². The zero-order valence-electron chi connectivity index (χ0n) is 10.8. The highest BCUT2D eigenvalue weighted by Crippen LogP contribution is 2.26. The number of carbonyl (C=O) groups is 1. The first-order valence-electron chi connectivity index (χ1n) is 6.33. The maximum atomic E-state index is 11.8. The van der Waals surface area contributed by atoms with Crippen molar-refractivity contribution >= 4 is 11.6 Å². The molecule has 0 spiro atoms. The summed E-state index contributed by atoms with van der Waals surface area (Å²) in [5.41, 5.74) is 9.38. The summed E-state index contributed by atoms with van der Waals surface area (Å²) in [5.74, 6) is -0.195. The minimum absolute atomic E-state index is 0.195. The van der Waals surface area contributed by atoms with Crippen molar-refractivity contribution < 1.29 is 4.79 Å². The van der Waals surface area contributed by atoms with Crippen LogP contribution in [0.5, 0.6) is 0 Å². The lowest BCUT2D eigenvalue weighted by atomic mass is 10.1. The monoisotopic (exact) mass is 266 g/mol. The fraction of sp³-hybridized carbons (Fsp3) is 0.0667. The molecule has 0 saturated heterocycles. The molecule has 0 radical (unpaired) electrons. The molecule has 1 aromatic heterocycles. The van der Waals surface area contributed by atoms with Crippen LogP contribution >= 0.6 is 0 Å². The van der Waals surface area contributed by atoms with Crippen molar-refractivity contribution in [3.05, 3.63) is 71.8 Å². The van der Waals surface area contributed by atoms with E-state index in [2.05, 4.69) is 27.2 Å². The third kappa shape index (κ3) is 2.61. The third-order valence-electron chi connectivity index (χ3n) is 3.07. The van der Waals surface area contributed by atoms with Gasteiger partial charge in [-0.2, -0.15) is 0 Å². The molecule has 0 atom stereocenters. The summed E-state index contributed by atoms with van der Waals surface area (Å²) in [4.78, 5) is 15.7. The van der Waals surface area contributed by atoms with Gasteiger partial charge in [0.1, 0.15) is 0 Å². The van der Waals surface area contributed by atoms with Gasteiger partial charge in [0, 0.05) is 42.0 Å². The Morgan fingerprint density at radius 3 is 2.80 bits per heavy atom. The predicted molar refractivity (Wildman–Crippen MR) is 76.7 cm³/mol. The number of rotatable bonds is 3. The number of hydrazine groups is 1. The van der Waals surface area contributed by atoms with Crippen LogP contribution in [0.25, 0.3) is 0 Å². The molecule has 0 bridgehead atoms. The number of hydrogen-bond acceptors (Lipinski definition) is 4. The molecule has 1 aliphatic rings. The molecule has 0 aliphatic carbocycles. The summed E-state index contributed by atoms with van der Waals surface area (Å²) in [5, 5.41) is 3.29. The number of para-hydroxylation sites is 1. The lowest BCUT2D eigenvalue weighted by molar-refractivity contribution is 0.0941. The molecular weight excluding hydrogens is 252 g/mol. The van der Waals surface area contributed by atoms with Gasteiger partial charge < -0.3 is 10.7 Å². The van der Waals surface area contributed by atoms with E-state index in [0.29, 0.717) is 5.56 Å². The van der Waals surface area contributed by atoms with Crippen molar-refractivity contribution in [3.63, 3.8) is 0 Å². The number of anilines is 1. The predicted octanol–water partition coefficient (Wildman–Crippen LogP) is 1.83. The summed E-state index contributed by atoms with van der Waals surface area (Å²) >= 11 is 0. The molecule has 20 heavy (non-hydrogen) atoms. The SMILES string of the molecule is O=C(NNC=C1Cc2ccccc2N1)c1ccncc1. The molecular formula is C15H14N4O. The number of carbonyl (C=O) groups excluding carboxylic acids is 1. The molecule has 3 rings (SSSR count). The summed E-state index contributed by atoms with van der Waals surface area (Å²) in [6, 6.07) is 11.4. The number of benzene rings is 1. The molecule has 2 aromatic rings. The van der Waals surface area contributed by atoms with Gasteiger partial charge in [0.2, 0.25) is 0 Å². The summed E-state index contributed by atoms with van der Waals surface area (Å²) in [6.45, 7) is 0. The normalized spacial score (nSPS) is 14.5. The minimum Gasteiger partial charge on any atom is -0.357 e. The molecule has 0 fully saturated rings. The molecule has 0 unspecified atom stereocenters. The minimum atomic E-state index is -0.195. The van der Waals surface area contributed by atoms with E-state index in [-0.39, 0.29) is 5.91 Å². The maximum Gasteiger partial charge on any atom is 0.269 e. The molecule has 1 aliphatic heterocycles. The van der Waals surface area contributed by atoms with Crippen molar-refractivity contribution in [3.8, 4) is 0 Å². The third-order valence-corrected chi connectivity index (χ3v) is 3.07. The van der Waals surface area contributed by atoms with Crippen molar-refractivity contribution in [1.82, 2.24) is 15.8 Å². The smallest absolute Gasteiger partial charge is 0.269 e. The lowest BCUT2D eigenvalue weighted by Crippen LogP contribution is -2.34. The average molecular weight is 266 g/mol. The van der Waals surface area contributed by atoms with E-state index in [9.17, 15) is 4.79 Å². The first kappa shape index (κ1) is 12.2. The lowest BCUT2D eigenvalue weighted by Gasteiger charge is -2.05. The quantitative estimate of drug-likeness (QED) is 0.741. The van der Waals surface area contributed by atoms with Crippen LogP contribution in [0.15, 0.2) is 60.7 Å². The Hall–Kier alpha value is -2.82. The first-order chi connectivity index (χ1) is 9.83. The van der Waals surface area contributed by atoms with Gasteiger partial charge in [0.25, 0.3) is 5.91 Å². The molecule has 2 heterocycles. The Morgan fingerprint density at radius 1 is 1.20 bits per heavy atom. The Bertz CT molecular complexity index is 625. The Morgan fingerprint density at radius 2 is 2.00 bits per heavy atom. The highest BCUT2D eigenvalue weighted by molar-refractivity contribution is 5.93. The molecule has 5 nitrogen and oxygen atoms in total. The first-order valence-corrected chi connectivity index (χ1v) is 6.33. The van der Waals surface area contributed by atoms with Gasteiger partial charge in [0.15, 0.2) is 0 Å². The Labute approximate surface area is 116 Å². The van der Waals surface area contributed by atoms with Crippen LogP contribution in [0.1, 0.15) is 15.9 Å².